The molecular formula is C13H11FO. The normalized spacial score (nSPS) is 10.3. The van der Waals surface area contributed by atoms with Crippen LogP contribution in [0.5, 0.6) is 5.75 Å². The molecule has 15 heavy (non-hydrogen) atoms. The number of benzene rings is 2. The Balaban J connectivity index is 2.69. The molecule has 0 heterocycles. The maximum absolute atomic E-state index is 13.6. The number of aromatic hydroxyl groups is 1. The molecule has 2 rings (SSSR count). The topological polar surface area (TPSA) is 20.2 Å². The van der Waals surface area contributed by atoms with Gasteiger partial charge in [-0.3, -0.25) is 0 Å². The van der Waals surface area contributed by atoms with Gasteiger partial charge in [-0.15, -0.1) is 0 Å². The molecule has 0 aliphatic carbocycles. The maximum Gasteiger partial charge on any atom is 0.131 e. The number of hydrogen-bond acceptors (Lipinski definition) is 1. The van der Waals surface area contributed by atoms with E-state index in [4.69, 9.17) is 0 Å². The third-order valence-corrected chi connectivity index (χ3v) is 2.40. The van der Waals surface area contributed by atoms with Gasteiger partial charge in [-0.2, -0.15) is 0 Å². The van der Waals surface area contributed by atoms with Crippen molar-refractivity contribution in [1.29, 1.82) is 0 Å². The predicted molar refractivity (Wildman–Crippen MR) is 58.2 cm³/mol. The zero-order chi connectivity index (χ0) is 10.8. The average molecular weight is 202 g/mol. The van der Waals surface area contributed by atoms with Gasteiger partial charge in [-0.05, 0) is 24.6 Å². The molecule has 0 aliphatic heterocycles. The molecule has 0 atom stereocenters. The van der Waals surface area contributed by atoms with Gasteiger partial charge in [0.2, 0.25) is 0 Å². The first-order valence-corrected chi connectivity index (χ1v) is 4.73. The first-order valence-electron chi connectivity index (χ1n) is 4.73. The van der Waals surface area contributed by atoms with Gasteiger partial charge < -0.3 is 5.11 Å². The van der Waals surface area contributed by atoms with Crippen molar-refractivity contribution in [3.05, 3.63) is 53.8 Å². The molecule has 1 nitrogen and oxygen atoms in total. The molecule has 0 amide bonds. The highest BCUT2D eigenvalue weighted by atomic mass is 19.1. The van der Waals surface area contributed by atoms with Gasteiger partial charge in [0.05, 0.1) is 0 Å². The Bertz CT molecular complexity index is 471. The summed E-state index contributed by atoms with van der Waals surface area (Å²) in [5, 5.41) is 9.65. The van der Waals surface area contributed by atoms with Crippen LogP contribution in [0, 0.1) is 12.7 Å². The fraction of sp³-hybridized carbons (Fsp3) is 0.0769. The maximum atomic E-state index is 13.6. The fourth-order valence-electron chi connectivity index (χ4n) is 1.66. The van der Waals surface area contributed by atoms with Gasteiger partial charge >= 0.3 is 0 Å². The van der Waals surface area contributed by atoms with Crippen LogP contribution in [-0.4, -0.2) is 5.11 Å². The second-order valence-corrected chi connectivity index (χ2v) is 3.45. The van der Waals surface area contributed by atoms with Crippen molar-refractivity contribution in [2.75, 3.05) is 0 Å². The summed E-state index contributed by atoms with van der Waals surface area (Å²) in [6, 6.07) is 11.6. The summed E-state index contributed by atoms with van der Waals surface area (Å²) < 4.78 is 13.6. The monoisotopic (exact) mass is 202 g/mol. The van der Waals surface area contributed by atoms with Crippen molar-refractivity contribution in [1.82, 2.24) is 0 Å². The Labute approximate surface area is 87.8 Å². The Morgan fingerprint density at radius 3 is 2.40 bits per heavy atom. The van der Waals surface area contributed by atoms with Gasteiger partial charge in [0.15, 0.2) is 0 Å². The third-order valence-electron chi connectivity index (χ3n) is 2.40. The van der Waals surface area contributed by atoms with Crippen LogP contribution in [0.3, 0.4) is 0 Å². The molecule has 0 saturated heterocycles. The van der Waals surface area contributed by atoms with Gasteiger partial charge in [-0.25, -0.2) is 4.39 Å². The van der Waals surface area contributed by atoms with Crippen molar-refractivity contribution >= 4 is 0 Å². The van der Waals surface area contributed by atoms with E-state index >= 15 is 0 Å². The summed E-state index contributed by atoms with van der Waals surface area (Å²) in [6.45, 7) is 1.82. The van der Waals surface area contributed by atoms with E-state index in [1.54, 1.807) is 30.3 Å². The van der Waals surface area contributed by atoms with Crippen LogP contribution in [0.1, 0.15) is 5.56 Å². The zero-order valence-electron chi connectivity index (χ0n) is 8.37. The van der Waals surface area contributed by atoms with Gasteiger partial charge in [0, 0.05) is 11.1 Å². The Morgan fingerprint density at radius 1 is 1.00 bits per heavy atom. The summed E-state index contributed by atoms with van der Waals surface area (Å²) in [6.07, 6.45) is 0. The minimum Gasteiger partial charge on any atom is -0.507 e. The van der Waals surface area contributed by atoms with Crippen LogP contribution in [0.15, 0.2) is 42.5 Å². The van der Waals surface area contributed by atoms with E-state index in [9.17, 15) is 9.50 Å². The summed E-state index contributed by atoms with van der Waals surface area (Å²) in [4.78, 5) is 0. The number of phenolic OH excluding ortho intramolecular Hbond substituents is 1. The largest absolute Gasteiger partial charge is 0.507 e. The predicted octanol–water partition coefficient (Wildman–Crippen LogP) is 3.51. The highest BCUT2D eigenvalue weighted by molar-refractivity contribution is 5.73. The van der Waals surface area contributed by atoms with Crippen LogP contribution in [-0.2, 0) is 0 Å². The second-order valence-electron chi connectivity index (χ2n) is 3.45. The van der Waals surface area contributed by atoms with E-state index in [-0.39, 0.29) is 11.6 Å². The van der Waals surface area contributed by atoms with E-state index in [0.29, 0.717) is 11.1 Å². The van der Waals surface area contributed by atoms with Gasteiger partial charge in [-0.1, -0.05) is 30.3 Å². The standard InChI is InChI=1S/C13H11FO/c1-9-5-4-7-11(14)13(9)10-6-2-3-8-12(10)15/h2-8,15H,1H3. The summed E-state index contributed by atoms with van der Waals surface area (Å²) >= 11 is 0. The Kier molecular flexibility index (Phi) is 2.42. The molecule has 2 aromatic carbocycles. The molecule has 0 saturated carbocycles. The smallest absolute Gasteiger partial charge is 0.131 e. The Hall–Kier alpha value is -1.83. The minimum absolute atomic E-state index is 0.103. The van der Waals surface area contributed by atoms with Crippen LogP contribution in [0.2, 0.25) is 0 Å². The molecular weight excluding hydrogens is 191 g/mol. The summed E-state index contributed by atoms with van der Waals surface area (Å²) in [7, 11) is 0. The lowest BCUT2D eigenvalue weighted by Crippen LogP contribution is -1.88. The molecule has 0 radical (unpaired) electrons. The lowest BCUT2D eigenvalue weighted by Gasteiger charge is -2.08. The highest BCUT2D eigenvalue weighted by Crippen LogP contribution is 2.32. The van der Waals surface area contributed by atoms with E-state index in [2.05, 4.69) is 0 Å². The van der Waals surface area contributed by atoms with Gasteiger partial charge in [0.1, 0.15) is 11.6 Å². The SMILES string of the molecule is Cc1cccc(F)c1-c1ccccc1O. The molecule has 0 bridgehead atoms. The van der Waals surface area contributed by atoms with E-state index in [1.807, 2.05) is 13.0 Å². The van der Waals surface area contributed by atoms with E-state index in [1.165, 1.54) is 6.07 Å². The first kappa shape index (κ1) is 9.71. The summed E-state index contributed by atoms with van der Waals surface area (Å²) in [5.74, 6) is -0.206. The van der Waals surface area contributed by atoms with Crippen LogP contribution >= 0.6 is 0 Å². The van der Waals surface area contributed by atoms with Crippen molar-refractivity contribution in [3.63, 3.8) is 0 Å². The number of rotatable bonds is 1. The minimum atomic E-state index is -0.309. The third kappa shape index (κ3) is 1.71. The molecule has 76 valence electrons. The van der Waals surface area contributed by atoms with E-state index < -0.39 is 0 Å². The lowest BCUT2D eigenvalue weighted by atomic mass is 9.99. The molecule has 0 unspecified atom stereocenters. The molecule has 1 N–H and O–H groups in total. The highest BCUT2D eigenvalue weighted by Gasteiger charge is 2.10. The van der Waals surface area contributed by atoms with Crippen molar-refractivity contribution in [3.8, 4) is 16.9 Å². The number of phenols is 1. The number of para-hydroxylation sites is 1. The molecule has 0 fully saturated rings. The first-order chi connectivity index (χ1) is 7.20. The van der Waals surface area contributed by atoms with Crippen LogP contribution in [0.25, 0.3) is 11.1 Å². The molecule has 0 spiro atoms. The van der Waals surface area contributed by atoms with Crippen LogP contribution < -0.4 is 0 Å². The average Bonchev–Trinajstić information content (AvgIpc) is 2.20. The molecule has 0 aromatic heterocycles. The number of halogens is 1. The molecule has 2 heteroatoms. The van der Waals surface area contributed by atoms with E-state index in [0.717, 1.165) is 5.56 Å². The molecule has 0 aliphatic rings. The summed E-state index contributed by atoms with van der Waals surface area (Å²) in [5.41, 5.74) is 1.82. The Morgan fingerprint density at radius 2 is 1.73 bits per heavy atom. The fourth-order valence-corrected chi connectivity index (χ4v) is 1.66. The molecule has 2 aromatic rings. The number of aryl methyl sites for hydroxylation is 1. The quantitative estimate of drug-likeness (QED) is 0.750. The van der Waals surface area contributed by atoms with Crippen molar-refractivity contribution in [2.45, 2.75) is 6.92 Å². The van der Waals surface area contributed by atoms with Crippen molar-refractivity contribution < 1.29 is 9.50 Å². The van der Waals surface area contributed by atoms with Gasteiger partial charge in [0.25, 0.3) is 0 Å². The van der Waals surface area contributed by atoms with Crippen LogP contribution in [0.4, 0.5) is 4.39 Å². The van der Waals surface area contributed by atoms with Crippen molar-refractivity contribution in [2.24, 2.45) is 0 Å². The zero-order valence-corrected chi connectivity index (χ0v) is 8.37. The second kappa shape index (κ2) is 3.73. The lowest BCUT2D eigenvalue weighted by molar-refractivity contribution is 0.476. The number of hydrogen-bond donors (Lipinski definition) is 1.